The second-order valence-corrected chi connectivity index (χ2v) is 7.23. The van der Waals surface area contributed by atoms with E-state index >= 15 is 0 Å². The summed E-state index contributed by atoms with van der Waals surface area (Å²) >= 11 is 0. The van der Waals surface area contributed by atoms with E-state index in [0.29, 0.717) is 28.4 Å². The van der Waals surface area contributed by atoms with Crippen molar-refractivity contribution < 1.29 is 23.5 Å². The fraction of sp³-hybridized carbons (Fsp3) is 0.120. The van der Waals surface area contributed by atoms with Gasteiger partial charge in [0.1, 0.15) is 23.0 Å². The molecule has 1 aliphatic heterocycles. The monoisotopic (exact) mass is 432 g/mol. The van der Waals surface area contributed by atoms with Crippen molar-refractivity contribution >= 4 is 28.8 Å². The Morgan fingerprint density at radius 3 is 2.16 bits per heavy atom. The van der Waals surface area contributed by atoms with Crippen LogP contribution in [0.5, 0.6) is 11.5 Å². The molecule has 0 aliphatic carbocycles. The predicted octanol–water partition coefficient (Wildman–Crippen LogP) is 4.55. The Morgan fingerprint density at radius 1 is 0.844 bits per heavy atom. The zero-order valence-electron chi connectivity index (χ0n) is 17.8. The topological polar surface area (TPSA) is 67.9 Å². The lowest BCUT2D eigenvalue weighted by molar-refractivity contribution is -0.120. The van der Waals surface area contributed by atoms with Crippen LogP contribution in [0, 0.1) is 12.7 Å². The lowest BCUT2D eigenvalue weighted by atomic mass is 10.0. The molecule has 0 bridgehead atoms. The highest BCUT2D eigenvalue weighted by atomic mass is 19.1. The molecule has 0 saturated heterocycles. The number of amides is 2. The van der Waals surface area contributed by atoms with Crippen LogP contribution >= 0.6 is 0 Å². The predicted molar refractivity (Wildman–Crippen MR) is 120 cm³/mol. The highest BCUT2D eigenvalue weighted by Gasteiger charge is 2.41. The standard InChI is InChI=1S/C25H21FN2O4/c1-15-4-13-21(32-3)20(14-15)28-24(29)22(16-5-11-19(31-2)12-6-16)23(25(28)30)27-18-9-7-17(26)8-10-18/h4-14,27H,1-3H3. The molecule has 1 N–H and O–H groups in total. The van der Waals surface area contributed by atoms with Gasteiger partial charge in [-0.05, 0) is 66.6 Å². The molecular formula is C25H21FN2O4. The van der Waals surface area contributed by atoms with E-state index < -0.39 is 17.6 Å². The third kappa shape index (κ3) is 3.80. The third-order valence-corrected chi connectivity index (χ3v) is 5.15. The van der Waals surface area contributed by atoms with Crippen LogP contribution in [0.15, 0.2) is 72.4 Å². The minimum atomic E-state index is -0.533. The van der Waals surface area contributed by atoms with Crippen molar-refractivity contribution in [2.45, 2.75) is 6.92 Å². The fourth-order valence-electron chi connectivity index (χ4n) is 3.54. The summed E-state index contributed by atoms with van der Waals surface area (Å²) in [5.41, 5.74) is 2.53. The smallest absolute Gasteiger partial charge is 0.282 e. The number of aryl methyl sites for hydroxylation is 1. The number of hydrogen-bond acceptors (Lipinski definition) is 5. The molecular weight excluding hydrogens is 411 g/mol. The van der Waals surface area contributed by atoms with Crippen LogP contribution in [-0.4, -0.2) is 26.0 Å². The first-order chi connectivity index (χ1) is 15.4. The van der Waals surface area contributed by atoms with Gasteiger partial charge in [0.25, 0.3) is 11.8 Å². The lowest BCUT2D eigenvalue weighted by Crippen LogP contribution is -2.32. The number of anilines is 2. The van der Waals surface area contributed by atoms with E-state index in [4.69, 9.17) is 9.47 Å². The summed E-state index contributed by atoms with van der Waals surface area (Å²) in [6.45, 7) is 1.86. The third-order valence-electron chi connectivity index (χ3n) is 5.15. The van der Waals surface area contributed by atoms with Gasteiger partial charge in [-0.25, -0.2) is 9.29 Å². The Labute approximate surface area is 184 Å². The number of carbonyl (C=O) groups is 2. The molecule has 0 saturated carbocycles. The Kier molecular flexibility index (Phi) is 5.64. The van der Waals surface area contributed by atoms with Gasteiger partial charge in [0.15, 0.2) is 0 Å². The molecule has 0 radical (unpaired) electrons. The zero-order chi connectivity index (χ0) is 22.8. The molecule has 0 fully saturated rings. The van der Waals surface area contributed by atoms with E-state index in [9.17, 15) is 14.0 Å². The molecule has 1 heterocycles. The van der Waals surface area contributed by atoms with Crippen LogP contribution in [0.2, 0.25) is 0 Å². The number of nitrogens with zero attached hydrogens (tertiary/aromatic N) is 1. The van der Waals surface area contributed by atoms with E-state index in [2.05, 4.69) is 5.32 Å². The number of hydrogen-bond donors (Lipinski definition) is 1. The molecule has 0 unspecified atom stereocenters. The molecule has 162 valence electrons. The summed E-state index contributed by atoms with van der Waals surface area (Å²) in [6, 6.07) is 17.7. The van der Waals surface area contributed by atoms with Gasteiger partial charge in [-0.1, -0.05) is 18.2 Å². The van der Waals surface area contributed by atoms with Crippen LogP contribution in [-0.2, 0) is 9.59 Å². The van der Waals surface area contributed by atoms with Crippen LogP contribution in [0.4, 0.5) is 15.8 Å². The number of methoxy groups -OCH3 is 2. The molecule has 3 aromatic carbocycles. The summed E-state index contributed by atoms with van der Waals surface area (Å²) in [4.78, 5) is 28.2. The second-order valence-electron chi connectivity index (χ2n) is 7.23. The van der Waals surface area contributed by atoms with Gasteiger partial charge in [-0.2, -0.15) is 0 Å². The number of carbonyl (C=O) groups excluding carboxylic acids is 2. The van der Waals surface area contributed by atoms with E-state index in [0.717, 1.165) is 10.5 Å². The summed E-state index contributed by atoms with van der Waals surface area (Å²) in [6.07, 6.45) is 0. The quantitative estimate of drug-likeness (QED) is 0.579. The maximum absolute atomic E-state index is 13.6. The van der Waals surface area contributed by atoms with Crippen molar-refractivity contribution in [2.75, 3.05) is 24.4 Å². The summed E-state index contributed by atoms with van der Waals surface area (Å²) in [5.74, 6) is -0.409. The molecule has 32 heavy (non-hydrogen) atoms. The number of ether oxygens (including phenoxy) is 2. The van der Waals surface area contributed by atoms with Gasteiger partial charge >= 0.3 is 0 Å². The molecule has 6 nitrogen and oxygen atoms in total. The van der Waals surface area contributed by atoms with E-state index in [1.807, 2.05) is 13.0 Å². The van der Waals surface area contributed by atoms with Crippen LogP contribution < -0.4 is 19.7 Å². The summed E-state index contributed by atoms with van der Waals surface area (Å²) in [5, 5.41) is 3.01. The van der Waals surface area contributed by atoms with Gasteiger partial charge in [0.2, 0.25) is 0 Å². The SMILES string of the molecule is COc1ccc(C2=C(Nc3ccc(F)cc3)C(=O)N(c3cc(C)ccc3OC)C2=O)cc1. The van der Waals surface area contributed by atoms with E-state index in [1.54, 1.807) is 43.5 Å². The summed E-state index contributed by atoms with van der Waals surface area (Å²) in [7, 11) is 3.03. The van der Waals surface area contributed by atoms with Crippen molar-refractivity contribution in [1.29, 1.82) is 0 Å². The first-order valence-electron chi connectivity index (χ1n) is 9.87. The second kappa shape index (κ2) is 8.55. The Morgan fingerprint density at radius 2 is 1.53 bits per heavy atom. The maximum Gasteiger partial charge on any atom is 0.282 e. The molecule has 0 spiro atoms. The van der Waals surface area contributed by atoms with Crippen LogP contribution in [0.1, 0.15) is 11.1 Å². The number of halogens is 1. The minimum Gasteiger partial charge on any atom is -0.497 e. The molecule has 7 heteroatoms. The Balaban J connectivity index is 1.84. The molecule has 0 aromatic heterocycles. The van der Waals surface area contributed by atoms with Gasteiger partial charge < -0.3 is 14.8 Å². The molecule has 2 amide bonds. The van der Waals surface area contributed by atoms with Crippen LogP contribution in [0.3, 0.4) is 0 Å². The molecule has 1 aliphatic rings. The number of benzene rings is 3. The van der Waals surface area contributed by atoms with Gasteiger partial charge in [0, 0.05) is 5.69 Å². The van der Waals surface area contributed by atoms with Crippen molar-refractivity contribution in [2.24, 2.45) is 0 Å². The average Bonchev–Trinajstić information content (AvgIpc) is 3.04. The van der Waals surface area contributed by atoms with Gasteiger partial charge in [-0.3, -0.25) is 9.59 Å². The van der Waals surface area contributed by atoms with Gasteiger partial charge in [-0.15, -0.1) is 0 Å². The number of nitrogens with one attached hydrogen (secondary N) is 1. The number of rotatable bonds is 6. The van der Waals surface area contributed by atoms with Crippen molar-refractivity contribution in [3.8, 4) is 11.5 Å². The van der Waals surface area contributed by atoms with Gasteiger partial charge in [0.05, 0.1) is 25.5 Å². The van der Waals surface area contributed by atoms with E-state index in [-0.39, 0.29) is 11.3 Å². The molecule has 3 aromatic rings. The first kappa shape index (κ1) is 21.1. The maximum atomic E-state index is 13.6. The molecule has 4 rings (SSSR count). The Hall–Kier alpha value is -4.13. The van der Waals surface area contributed by atoms with Crippen molar-refractivity contribution in [3.63, 3.8) is 0 Å². The highest BCUT2D eigenvalue weighted by Crippen LogP contribution is 2.38. The van der Waals surface area contributed by atoms with Crippen molar-refractivity contribution in [1.82, 2.24) is 0 Å². The summed E-state index contributed by atoms with van der Waals surface area (Å²) < 4.78 is 24.0. The first-order valence-corrected chi connectivity index (χ1v) is 9.87. The highest BCUT2D eigenvalue weighted by molar-refractivity contribution is 6.46. The fourth-order valence-corrected chi connectivity index (χ4v) is 3.54. The van der Waals surface area contributed by atoms with Crippen LogP contribution in [0.25, 0.3) is 5.57 Å². The normalized spacial score (nSPS) is 13.6. The average molecular weight is 432 g/mol. The Bertz CT molecular complexity index is 1220. The lowest BCUT2D eigenvalue weighted by Gasteiger charge is -2.19. The number of imide groups is 1. The molecule has 0 atom stereocenters. The zero-order valence-corrected chi connectivity index (χ0v) is 17.8. The largest absolute Gasteiger partial charge is 0.497 e. The minimum absolute atomic E-state index is 0.0929. The van der Waals surface area contributed by atoms with Crippen molar-refractivity contribution in [3.05, 3.63) is 89.4 Å². The van der Waals surface area contributed by atoms with E-state index in [1.165, 1.54) is 31.4 Å².